The van der Waals surface area contributed by atoms with Crippen LogP contribution in [0.5, 0.6) is 0 Å². The first-order chi connectivity index (χ1) is 17.9. The van der Waals surface area contributed by atoms with Gasteiger partial charge in [-0.2, -0.15) is 4.98 Å². The maximum atomic E-state index is 12.0. The molecule has 0 amide bonds. The molecular formula is C21H26ClN5O9P2. The van der Waals surface area contributed by atoms with Gasteiger partial charge in [0.2, 0.25) is 5.28 Å². The second kappa shape index (κ2) is 10.5. The quantitative estimate of drug-likeness (QED) is 0.238. The molecule has 0 saturated carbocycles. The van der Waals surface area contributed by atoms with E-state index in [9.17, 15) is 24.2 Å². The summed E-state index contributed by atoms with van der Waals surface area (Å²) in [6.07, 6.45) is -2.25. The summed E-state index contributed by atoms with van der Waals surface area (Å²) >= 11 is 6.29. The van der Waals surface area contributed by atoms with Gasteiger partial charge >= 0.3 is 15.2 Å². The summed E-state index contributed by atoms with van der Waals surface area (Å²) in [5.74, 6) is -0.894. The molecule has 5 N–H and O–H groups in total. The first kappa shape index (κ1) is 27.6. The zero-order valence-corrected chi connectivity index (χ0v) is 22.3. The standard InChI is InChI=1S/C21H26ClN5O9P2/c22-21-24-20(26-8-4-7-13(26)12-5-2-1-3-6-12)19-23-9-14(27(19)25-21)18-17(29)16(28)15(36-18)10-35-38(33,34)11-37(30,31)32/h1-3,5-6,9,13,15-18,28-29H,4,7-8,10-11H2,(H,33,34)(H2,30,31,32)/t13-,15?,16?,17?,18?/m0/s1. The Hall–Kier alpha value is -1.96. The fourth-order valence-corrected chi connectivity index (χ4v) is 7.61. The Morgan fingerprint density at radius 3 is 2.58 bits per heavy atom. The number of aromatic nitrogens is 4. The maximum absolute atomic E-state index is 12.0. The van der Waals surface area contributed by atoms with Crippen molar-refractivity contribution in [3.05, 3.63) is 53.1 Å². The van der Waals surface area contributed by atoms with E-state index < -0.39 is 52.1 Å². The normalized spacial score (nSPS) is 27.7. The molecule has 0 aliphatic carbocycles. The summed E-state index contributed by atoms with van der Waals surface area (Å²) < 4.78 is 34.9. The van der Waals surface area contributed by atoms with E-state index in [0.29, 0.717) is 18.0 Å². The van der Waals surface area contributed by atoms with Gasteiger partial charge in [-0.25, -0.2) is 9.50 Å². The highest BCUT2D eigenvalue weighted by molar-refractivity contribution is 7.70. The zero-order chi connectivity index (χ0) is 27.2. The van der Waals surface area contributed by atoms with Crippen molar-refractivity contribution in [3.63, 3.8) is 0 Å². The molecule has 2 aromatic heterocycles. The second-order valence-corrected chi connectivity index (χ2v) is 13.5. The van der Waals surface area contributed by atoms with Crippen molar-refractivity contribution in [2.24, 2.45) is 0 Å². The molecule has 6 atom stereocenters. The number of aliphatic hydroxyl groups is 2. The summed E-state index contributed by atoms with van der Waals surface area (Å²) in [5.41, 5.74) is 1.72. The summed E-state index contributed by atoms with van der Waals surface area (Å²) in [4.78, 5) is 38.6. The van der Waals surface area contributed by atoms with Crippen LogP contribution in [0.1, 0.15) is 36.2 Å². The smallest absolute Gasteiger partial charge is 0.340 e. The third-order valence-corrected chi connectivity index (χ3v) is 10.1. The molecule has 2 fully saturated rings. The molecule has 2 aliphatic rings. The van der Waals surface area contributed by atoms with Crippen LogP contribution in [0.3, 0.4) is 0 Å². The number of halogens is 1. The highest BCUT2D eigenvalue weighted by Crippen LogP contribution is 2.55. The summed E-state index contributed by atoms with van der Waals surface area (Å²) in [6, 6.07) is 10.0. The topological polar surface area (TPSA) is 200 Å². The molecule has 5 rings (SSSR count). The van der Waals surface area contributed by atoms with Gasteiger partial charge < -0.3 is 39.1 Å². The van der Waals surface area contributed by atoms with Crippen molar-refractivity contribution in [1.29, 1.82) is 0 Å². The molecule has 1 aromatic carbocycles. The molecule has 2 aliphatic heterocycles. The number of hydrogen-bond donors (Lipinski definition) is 5. The van der Waals surface area contributed by atoms with E-state index in [1.54, 1.807) is 0 Å². The van der Waals surface area contributed by atoms with E-state index >= 15 is 0 Å². The van der Waals surface area contributed by atoms with E-state index in [4.69, 9.17) is 30.6 Å². The Kier molecular flexibility index (Phi) is 7.66. The van der Waals surface area contributed by atoms with Crippen LogP contribution < -0.4 is 4.90 Å². The van der Waals surface area contributed by atoms with Crippen LogP contribution in [-0.4, -0.2) is 81.8 Å². The van der Waals surface area contributed by atoms with Crippen molar-refractivity contribution in [1.82, 2.24) is 19.6 Å². The molecule has 38 heavy (non-hydrogen) atoms. The predicted molar refractivity (Wildman–Crippen MR) is 134 cm³/mol. The number of ether oxygens (including phenoxy) is 1. The van der Waals surface area contributed by atoms with Gasteiger partial charge in [0.25, 0.3) is 0 Å². The third-order valence-electron chi connectivity index (χ3n) is 6.51. The Labute approximate surface area is 221 Å². The highest BCUT2D eigenvalue weighted by atomic mass is 35.5. The molecule has 2 saturated heterocycles. The van der Waals surface area contributed by atoms with Crippen molar-refractivity contribution in [2.45, 2.75) is 43.3 Å². The van der Waals surface area contributed by atoms with Crippen LogP contribution in [0, 0.1) is 0 Å². The minimum absolute atomic E-state index is 0.0464. The van der Waals surface area contributed by atoms with Gasteiger partial charge in [0.15, 0.2) is 17.4 Å². The third kappa shape index (κ3) is 5.66. The van der Waals surface area contributed by atoms with Crippen molar-refractivity contribution >= 4 is 38.3 Å². The minimum Gasteiger partial charge on any atom is -0.387 e. The first-order valence-corrected chi connectivity index (χ1v) is 15.6. The number of rotatable bonds is 8. The Balaban J connectivity index is 1.41. The fraction of sp³-hybridized carbons (Fsp3) is 0.476. The van der Waals surface area contributed by atoms with Crippen LogP contribution in [0.15, 0.2) is 36.5 Å². The Morgan fingerprint density at radius 2 is 1.87 bits per heavy atom. The second-order valence-electron chi connectivity index (χ2n) is 9.20. The van der Waals surface area contributed by atoms with Gasteiger partial charge in [-0.1, -0.05) is 30.3 Å². The van der Waals surface area contributed by atoms with E-state index in [2.05, 4.69) is 20.0 Å². The Bertz CT molecular complexity index is 1410. The lowest BCUT2D eigenvalue weighted by atomic mass is 10.0. The first-order valence-electron chi connectivity index (χ1n) is 11.7. The molecule has 0 bridgehead atoms. The molecule has 0 radical (unpaired) electrons. The average molecular weight is 590 g/mol. The monoisotopic (exact) mass is 589 g/mol. The van der Waals surface area contributed by atoms with Crippen LogP contribution in [-0.2, 0) is 18.4 Å². The zero-order valence-electron chi connectivity index (χ0n) is 19.8. The molecular weight excluding hydrogens is 564 g/mol. The number of benzene rings is 1. The molecule has 14 nitrogen and oxygen atoms in total. The molecule has 206 valence electrons. The van der Waals surface area contributed by atoms with E-state index in [1.165, 1.54) is 10.7 Å². The van der Waals surface area contributed by atoms with Crippen LogP contribution in [0.2, 0.25) is 5.28 Å². The summed E-state index contributed by atoms with van der Waals surface area (Å²) in [5, 5.41) is 25.4. The highest BCUT2D eigenvalue weighted by Gasteiger charge is 2.46. The average Bonchev–Trinajstić information content (AvgIpc) is 3.55. The molecule has 3 aromatic rings. The fourth-order valence-electron chi connectivity index (χ4n) is 4.88. The number of hydrogen-bond acceptors (Lipinski definition) is 10. The van der Waals surface area contributed by atoms with E-state index in [1.807, 2.05) is 30.3 Å². The molecule has 0 spiro atoms. The van der Waals surface area contributed by atoms with Crippen LogP contribution in [0.25, 0.3) is 5.65 Å². The SMILES string of the molecule is O=P(O)(O)CP(=O)(O)OCC1OC(c2cnc3c(N4CCC[C@H]4c4ccccc4)nc(Cl)nn23)C(O)C1O. The van der Waals surface area contributed by atoms with E-state index in [-0.39, 0.29) is 17.0 Å². The number of imidazole rings is 1. The lowest BCUT2D eigenvalue weighted by Gasteiger charge is -2.26. The largest absolute Gasteiger partial charge is 0.387 e. The van der Waals surface area contributed by atoms with Crippen molar-refractivity contribution < 1.29 is 43.3 Å². The Morgan fingerprint density at radius 1 is 1.13 bits per heavy atom. The number of anilines is 1. The number of nitrogens with zero attached hydrogens (tertiary/aromatic N) is 5. The summed E-state index contributed by atoms with van der Waals surface area (Å²) in [7, 11) is -9.52. The lowest BCUT2D eigenvalue weighted by molar-refractivity contribution is -0.0204. The maximum Gasteiger partial charge on any atom is 0.340 e. The molecule has 5 unspecified atom stereocenters. The van der Waals surface area contributed by atoms with Crippen molar-refractivity contribution in [3.8, 4) is 0 Å². The van der Waals surface area contributed by atoms with Crippen molar-refractivity contribution in [2.75, 3.05) is 24.0 Å². The number of aliphatic hydroxyl groups excluding tert-OH is 2. The van der Waals surface area contributed by atoms with Crippen LogP contribution in [0.4, 0.5) is 5.82 Å². The minimum atomic E-state index is -4.83. The van der Waals surface area contributed by atoms with Gasteiger partial charge in [-0.3, -0.25) is 9.13 Å². The number of fused-ring (bicyclic) bond motifs is 1. The van der Waals surface area contributed by atoms with Gasteiger partial charge in [0.05, 0.1) is 24.5 Å². The van der Waals surface area contributed by atoms with Gasteiger partial charge in [0, 0.05) is 6.54 Å². The van der Waals surface area contributed by atoms with Gasteiger partial charge in [-0.15, -0.1) is 5.10 Å². The molecule has 17 heteroatoms. The predicted octanol–water partition coefficient (Wildman–Crippen LogP) is 1.62. The molecule has 4 heterocycles. The lowest BCUT2D eigenvalue weighted by Crippen LogP contribution is -2.33. The van der Waals surface area contributed by atoms with Crippen LogP contribution >= 0.6 is 26.8 Å². The van der Waals surface area contributed by atoms with E-state index in [0.717, 1.165) is 18.4 Å². The van der Waals surface area contributed by atoms with Gasteiger partial charge in [-0.05, 0) is 30.0 Å². The summed E-state index contributed by atoms with van der Waals surface area (Å²) in [6.45, 7) is 0.00797. The van der Waals surface area contributed by atoms with Gasteiger partial charge in [0.1, 0.15) is 24.4 Å².